The molecule has 1 fully saturated rings. The first-order chi connectivity index (χ1) is 12.5. The van der Waals surface area contributed by atoms with E-state index in [1.54, 1.807) is 0 Å². The van der Waals surface area contributed by atoms with Crippen LogP contribution >= 0.6 is 24.8 Å². The predicted molar refractivity (Wildman–Crippen MR) is 120 cm³/mol. The summed E-state index contributed by atoms with van der Waals surface area (Å²) in [5.41, 5.74) is 6.58. The highest BCUT2D eigenvalue weighted by atomic mass is 35.5. The number of hydrogen-bond acceptors (Lipinski definition) is 4. The molecule has 0 bridgehead atoms. The van der Waals surface area contributed by atoms with Crippen LogP contribution in [0.2, 0.25) is 0 Å². The number of rotatable bonds is 9. The molecule has 162 valence electrons. The fraction of sp³-hybridized carbons (Fsp3) is 0.667. The third-order valence-electron chi connectivity index (χ3n) is 6.09. The lowest BCUT2D eigenvalue weighted by molar-refractivity contribution is -0.131. The summed E-state index contributed by atoms with van der Waals surface area (Å²) in [4.78, 5) is 12.8. The molecule has 1 amide bonds. The maximum absolute atomic E-state index is 12.8. The van der Waals surface area contributed by atoms with Gasteiger partial charge in [0.1, 0.15) is 0 Å². The van der Waals surface area contributed by atoms with E-state index in [0.717, 1.165) is 25.7 Å². The highest BCUT2D eigenvalue weighted by molar-refractivity contribution is 5.85. The number of carbonyl (C=O) groups is 1. The van der Waals surface area contributed by atoms with Gasteiger partial charge in [-0.2, -0.15) is 0 Å². The second kappa shape index (κ2) is 12.7. The van der Waals surface area contributed by atoms with Gasteiger partial charge in [-0.05, 0) is 38.2 Å². The van der Waals surface area contributed by atoms with Gasteiger partial charge in [0.15, 0.2) is 0 Å². The predicted octanol–water partition coefficient (Wildman–Crippen LogP) is 3.61. The van der Waals surface area contributed by atoms with Crippen molar-refractivity contribution in [2.24, 2.45) is 11.1 Å². The Labute approximate surface area is 182 Å². The third-order valence-corrected chi connectivity index (χ3v) is 6.09. The van der Waals surface area contributed by atoms with E-state index in [1.165, 1.54) is 5.56 Å². The minimum atomic E-state index is -0.461. The quantitative estimate of drug-likeness (QED) is 0.555. The molecule has 7 heteroatoms. The van der Waals surface area contributed by atoms with Crippen LogP contribution in [-0.4, -0.2) is 37.7 Å². The highest BCUT2D eigenvalue weighted by Gasteiger charge is 2.38. The molecule has 0 spiro atoms. The Morgan fingerprint density at radius 1 is 1.18 bits per heavy atom. The number of ether oxygens (including phenoxy) is 1. The molecule has 1 aliphatic heterocycles. The normalized spacial score (nSPS) is 17.0. The van der Waals surface area contributed by atoms with E-state index < -0.39 is 5.41 Å². The fourth-order valence-electron chi connectivity index (χ4n) is 3.81. The van der Waals surface area contributed by atoms with Gasteiger partial charge >= 0.3 is 0 Å². The third kappa shape index (κ3) is 6.60. The molecule has 1 aromatic carbocycles. The summed E-state index contributed by atoms with van der Waals surface area (Å²) in [5, 5.41) is 6.99. The van der Waals surface area contributed by atoms with Gasteiger partial charge < -0.3 is 21.1 Å². The van der Waals surface area contributed by atoms with Crippen LogP contribution in [0.25, 0.3) is 0 Å². The Balaban J connectivity index is 0.00000364. The number of halogens is 2. The van der Waals surface area contributed by atoms with Crippen LogP contribution < -0.4 is 16.4 Å². The van der Waals surface area contributed by atoms with Crippen molar-refractivity contribution in [3.05, 3.63) is 35.9 Å². The van der Waals surface area contributed by atoms with E-state index >= 15 is 0 Å². The molecular formula is C21H37Cl2N3O2. The van der Waals surface area contributed by atoms with E-state index in [4.69, 9.17) is 10.5 Å². The molecule has 1 unspecified atom stereocenters. The van der Waals surface area contributed by atoms with Gasteiger partial charge in [-0.3, -0.25) is 4.79 Å². The molecule has 0 saturated carbocycles. The Kier molecular flexibility index (Phi) is 12.3. The van der Waals surface area contributed by atoms with Gasteiger partial charge in [-0.25, -0.2) is 0 Å². The van der Waals surface area contributed by atoms with Gasteiger partial charge in [0.2, 0.25) is 5.91 Å². The van der Waals surface area contributed by atoms with E-state index in [9.17, 15) is 4.79 Å². The van der Waals surface area contributed by atoms with E-state index in [0.29, 0.717) is 26.3 Å². The summed E-state index contributed by atoms with van der Waals surface area (Å²) < 4.78 is 5.58. The summed E-state index contributed by atoms with van der Waals surface area (Å²) in [7, 11) is 0. The van der Waals surface area contributed by atoms with Crippen LogP contribution in [0.3, 0.4) is 0 Å². The zero-order valence-electron chi connectivity index (χ0n) is 17.3. The van der Waals surface area contributed by atoms with Crippen molar-refractivity contribution in [2.45, 2.75) is 58.0 Å². The molecule has 1 aromatic rings. The Morgan fingerprint density at radius 2 is 1.75 bits per heavy atom. The lowest BCUT2D eigenvalue weighted by atomic mass is 9.81. The van der Waals surface area contributed by atoms with E-state index in [2.05, 4.69) is 41.8 Å². The molecule has 0 aliphatic carbocycles. The molecule has 1 aliphatic rings. The topological polar surface area (TPSA) is 76.4 Å². The van der Waals surface area contributed by atoms with Crippen LogP contribution in [0.15, 0.2) is 30.3 Å². The van der Waals surface area contributed by atoms with Crippen molar-refractivity contribution >= 4 is 30.7 Å². The van der Waals surface area contributed by atoms with Gasteiger partial charge in [-0.15, -0.1) is 24.8 Å². The lowest BCUT2D eigenvalue weighted by Crippen LogP contribution is -2.59. The fourth-order valence-corrected chi connectivity index (χ4v) is 3.81. The number of carbonyl (C=O) groups excluding carboxylic acids is 1. The molecule has 1 saturated heterocycles. The standard InChI is InChI=1S/C21H35N3O2.2ClH/c1-4-20(5-2,15-22)19(25)23-16-21(11-13-26-14-12-21)24-17(3)18-9-7-6-8-10-18;;/h6-10,17,24H,4-5,11-16,22H2,1-3H3,(H,23,25);2*1H. The molecule has 1 heterocycles. The second-order valence-corrected chi connectivity index (χ2v) is 7.54. The molecule has 5 nitrogen and oxygen atoms in total. The first-order valence-corrected chi connectivity index (χ1v) is 9.89. The van der Waals surface area contributed by atoms with Crippen molar-refractivity contribution in [1.29, 1.82) is 0 Å². The Morgan fingerprint density at radius 3 is 2.25 bits per heavy atom. The SMILES string of the molecule is CCC(CC)(CN)C(=O)NCC1(NC(C)c2ccccc2)CCOCC1.Cl.Cl. The van der Waals surface area contributed by atoms with Crippen molar-refractivity contribution in [1.82, 2.24) is 10.6 Å². The van der Waals surface area contributed by atoms with Gasteiger partial charge in [0.05, 0.1) is 5.41 Å². The number of nitrogens with two attached hydrogens (primary N) is 1. The van der Waals surface area contributed by atoms with Crippen molar-refractivity contribution < 1.29 is 9.53 Å². The largest absolute Gasteiger partial charge is 0.381 e. The van der Waals surface area contributed by atoms with Crippen LogP contribution in [0.5, 0.6) is 0 Å². The smallest absolute Gasteiger partial charge is 0.227 e. The maximum atomic E-state index is 12.8. The number of nitrogens with one attached hydrogen (secondary N) is 2. The van der Waals surface area contributed by atoms with E-state index in [1.807, 2.05) is 19.9 Å². The number of amides is 1. The van der Waals surface area contributed by atoms with Crippen LogP contribution in [0.4, 0.5) is 0 Å². The van der Waals surface area contributed by atoms with E-state index in [-0.39, 0.29) is 42.3 Å². The molecule has 1 atom stereocenters. The van der Waals surface area contributed by atoms with Gasteiger partial charge in [0.25, 0.3) is 0 Å². The molecule has 0 radical (unpaired) electrons. The minimum Gasteiger partial charge on any atom is -0.381 e. The molecule has 2 rings (SSSR count). The van der Waals surface area contributed by atoms with Crippen LogP contribution in [-0.2, 0) is 9.53 Å². The zero-order chi connectivity index (χ0) is 19.0. The molecular weight excluding hydrogens is 397 g/mol. The first kappa shape index (κ1) is 27.1. The average Bonchev–Trinajstić information content (AvgIpc) is 2.69. The number of benzene rings is 1. The summed E-state index contributed by atoms with van der Waals surface area (Å²) in [6.07, 6.45) is 3.29. The molecule has 4 N–H and O–H groups in total. The van der Waals surface area contributed by atoms with Gasteiger partial charge in [0, 0.05) is 37.9 Å². The highest BCUT2D eigenvalue weighted by Crippen LogP contribution is 2.28. The molecule has 28 heavy (non-hydrogen) atoms. The summed E-state index contributed by atoms with van der Waals surface area (Å²) >= 11 is 0. The van der Waals surface area contributed by atoms with Crippen molar-refractivity contribution in [3.63, 3.8) is 0 Å². The lowest BCUT2D eigenvalue weighted by Gasteiger charge is -2.41. The monoisotopic (exact) mass is 433 g/mol. The number of hydrogen-bond donors (Lipinski definition) is 3. The van der Waals surface area contributed by atoms with Crippen LogP contribution in [0, 0.1) is 5.41 Å². The summed E-state index contributed by atoms with van der Waals surface area (Å²) in [6.45, 7) is 8.67. The minimum absolute atomic E-state index is 0. The van der Waals surface area contributed by atoms with Crippen molar-refractivity contribution in [2.75, 3.05) is 26.3 Å². The van der Waals surface area contributed by atoms with Crippen molar-refractivity contribution in [3.8, 4) is 0 Å². The Bertz CT molecular complexity index is 554. The Hall–Kier alpha value is -0.850. The van der Waals surface area contributed by atoms with Gasteiger partial charge in [-0.1, -0.05) is 44.2 Å². The first-order valence-electron chi connectivity index (χ1n) is 9.89. The zero-order valence-corrected chi connectivity index (χ0v) is 19.0. The second-order valence-electron chi connectivity index (χ2n) is 7.54. The summed E-state index contributed by atoms with van der Waals surface area (Å²) in [5.74, 6) is 0.0741. The maximum Gasteiger partial charge on any atom is 0.227 e. The average molecular weight is 434 g/mol. The van der Waals surface area contributed by atoms with Crippen LogP contribution in [0.1, 0.15) is 58.1 Å². The summed E-state index contributed by atoms with van der Waals surface area (Å²) in [6, 6.07) is 10.6. The molecule has 0 aromatic heterocycles.